The van der Waals surface area contributed by atoms with Gasteiger partial charge in [0.05, 0.1) is 22.6 Å². The predicted molar refractivity (Wildman–Crippen MR) is 132 cm³/mol. The fraction of sp³-hybridized carbons (Fsp3) is 0.318. The molecule has 33 heavy (non-hydrogen) atoms. The second kappa shape index (κ2) is 8.23. The van der Waals surface area contributed by atoms with Gasteiger partial charge in [0.15, 0.2) is 5.82 Å². The number of carbonyl (C=O) groups excluding carboxylic acids is 1. The predicted octanol–water partition coefficient (Wildman–Crippen LogP) is 3.01. The van der Waals surface area contributed by atoms with Crippen LogP contribution in [0, 0.1) is 0 Å². The summed E-state index contributed by atoms with van der Waals surface area (Å²) in [5.41, 5.74) is 8.20. The fourth-order valence-electron chi connectivity index (χ4n) is 3.87. The average molecular weight is 482 g/mol. The number of thiophene rings is 1. The Morgan fingerprint density at radius 3 is 2.97 bits per heavy atom. The summed E-state index contributed by atoms with van der Waals surface area (Å²) in [6, 6.07) is 3.80. The SMILES string of the molecule is CC1(C)CCc2nc(-c3cncs3)n(CC(=O)NCc3cc4cnc(N)cc4s3)c(=O)c2N1. The molecule has 5 rings (SSSR count). The van der Waals surface area contributed by atoms with Gasteiger partial charge in [-0.2, -0.15) is 0 Å². The van der Waals surface area contributed by atoms with Crippen molar-refractivity contribution in [2.24, 2.45) is 0 Å². The molecule has 0 fully saturated rings. The Morgan fingerprint density at radius 2 is 2.18 bits per heavy atom. The van der Waals surface area contributed by atoms with E-state index in [1.807, 2.05) is 12.1 Å². The lowest BCUT2D eigenvalue weighted by molar-refractivity contribution is -0.121. The van der Waals surface area contributed by atoms with Gasteiger partial charge >= 0.3 is 0 Å². The van der Waals surface area contributed by atoms with Crippen LogP contribution in [0.2, 0.25) is 0 Å². The van der Waals surface area contributed by atoms with Crippen LogP contribution in [0.5, 0.6) is 0 Å². The summed E-state index contributed by atoms with van der Waals surface area (Å²) in [5.74, 6) is 0.669. The van der Waals surface area contributed by atoms with Gasteiger partial charge in [0, 0.05) is 32.9 Å². The molecule has 0 saturated heterocycles. The first kappa shape index (κ1) is 21.5. The van der Waals surface area contributed by atoms with E-state index >= 15 is 0 Å². The number of hydrogen-bond acceptors (Lipinski definition) is 9. The van der Waals surface area contributed by atoms with E-state index in [1.54, 1.807) is 29.2 Å². The Kier molecular flexibility index (Phi) is 5.37. The van der Waals surface area contributed by atoms with Gasteiger partial charge in [-0.25, -0.2) is 9.97 Å². The zero-order valence-corrected chi connectivity index (χ0v) is 19.8. The number of fused-ring (bicyclic) bond motifs is 2. The Labute approximate surface area is 197 Å². The third-order valence-corrected chi connectivity index (χ3v) is 7.45. The molecule has 0 aliphatic carbocycles. The number of carbonyl (C=O) groups is 1. The van der Waals surface area contributed by atoms with Crippen molar-refractivity contribution in [2.45, 2.75) is 45.3 Å². The molecule has 0 atom stereocenters. The number of amides is 1. The number of anilines is 2. The first-order chi connectivity index (χ1) is 15.8. The van der Waals surface area contributed by atoms with E-state index in [9.17, 15) is 9.59 Å². The van der Waals surface area contributed by atoms with Crippen molar-refractivity contribution in [3.8, 4) is 10.7 Å². The van der Waals surface area contributed by atoms with Gasteiger partial charge < -0.3 is 16.4 Å². The minimum atomic E-state index is -0.269. The van der Waals surface area contributed by atoms with Crippen molar-refractivity contribution in [1.29, 1.82) is 0 Å². The highest BCUT2D eigenvalue weighted by atomic mass is 32.1. The van der Waals surface area contributed by atoms with Crippen LogP contribution in [0.1, 0.15) is 30.8 Å². The topological polar surface area (TPSA) is 128 Å². The number of nitrogen functional groups attached to an aromatic ring is 1. The minimum absolute atomic E-state index is 0.131. The van der Waals surface area contributed by atoms with E-state index < -0.39 is 0 Å². The molecule has 4 N–H and O–H groups in total. The monoisotopic (exact) mass is 481 g/mol. The van der Waals surface area contributed by atoms with Crippen molar-refractivity contribution in [1.82, 2.24) is 24.8 Å². The Bertz CT molecular complexity index is 1410. The largest absolute Gasteiger partial charge is 0.384 e. The molecule has 0 radical (unpaired) electrons. The maximum absolute atomic E-state index is 13.4. The van der Waals surface area contributed by atoms with Crippen molar-refractivity contribution in [2.75, 3.05) is 11.1 Å². The first-order valence-corrected chi connectivity index (χ1v) is 12.2. The average Bonchev–Trinajstić information content (AvgIpc) is 3.43. The van der Waals surface area contributed by atoms with E-state index in [2.05, 4.69) is 34.4 Å². The highest BCUT2D eigenvalue weighted by Crippen LogP contribution is 2.30. The normalized spacial score (nSPS) is 14.6. The smallest absolute Gasteiger partial charge is 0.277 e. The van der Waals surface area contributed by atoms with Crippen molar-refractivity contribution >= 4 is 50.2 Å². The molecule has 4 aromatic rings. The Balaban J connectivity index is 1.41. The summed E-state index contributed by atoms with van der Waals surface area (Å²) in [6.45, 7) is 4.33. The summed E-state index contributed by atoms with van der Waals surface area (Å²) in [7, 11) is 0. The second-order valence-corrected chi connectivity index (χ2v) is 10.7. The zero-order valence-electron chi connectivity index (χ0n) is 18.2. The van der Waals surface area contributed by atoms with E-state index in [-0.39, 0.29) is 23.6 Å². The molecular weight excluding hydrogens is 458 g/mol. The van der Waals surface area contributed by atoms with Crippen molar-refractivity contribution in [3.63, 3.8) is 0 Å². The maximum atomic E-state index is 13.4. The lowest BCUT2D eigenvalue weighted by Crippen LogP contribution is -2.42. The number of nitrogens with two attached hydrogens (primary N) is 1. The molecular formula is C22H23N7O2S2. The molecule has 11 heteroatoms. The number of pyridine rings is 1. The van der Waals surface area contributed by atoms with Gasteiger partial charge in [-0.1, -0.05) is 0 Å². The zero-order chi connectivity index (χ0) is 23.2. The quantitative estimate of drug-likeness (QED) is 0.400. The molecule has 0 aromatic carbocycles. The number of rotatable bonds is 5. The molecule has 0 bridgehead atoms. The van der Waals surface area contributed by atoms with Gasteiger partial charge in [0.2, 0.25) is 5.91 Å². The molecule has 5 heterocycles. The summed E-state index contributed by atoms with van der Waals surface area (Å²) in [4.78, 5) is 41.0. The van der Waals surface area contributed by atoms with Gasteiger partial charge in [0.25, 0.3) is 5.56 Å². The summed E-state index contributed by atoms with van der Waals surface area (Å²) >= 11 is 2.94. The van der Waals surface area contributed by atoms with E-state index in [1.165, 1.54) is 15.9 Å². The molecule has 0 saturated carbocycles. The number of aryl methyl sites for hydroxylation is 1. The van der Waals surface area contributed by atoms with Crippen LogP contribution >= 0.6 is 22.7 Å². The van der Waals surface area contributed by atoms with Gasteiger partial charge in [-0.15, -0.1) is 22.7 Å². The van der Waals surface area contributed by atoms with Crippen LogP contribution in [0.3, 0.4) is 0 Å². The molecule has 1 aliphatic heterocycles. The maximum Gasteiger partial charge on any atom is 0.277 e. The number of hydrogen-bond donors (Lipinski definition) is 3. The van der Waals surface area contributed by atoms with Crippen LogP contribution < -0.4 is 21.9 Å². The third-order valence-electron chi connectivity index (χ3n) is 5.58. The van der Waals surface area contributed by atoms with Crippen LogP contribution in [0.15, 0.2) is 34.8 Å². The van der Waals surface area contributed by atoms with E-state index in [0.29, 0.717) is 30.3 Å². The molecule has 1 aliphatic rings. The second-order valence-electron chi connectivity index (χ2n) is 8.66. The number of thiazole rings is 1. The molecule has 0 spiro atoms. The van der Waals surface area contributed by atoms with Crippen LogP contribution in [-0.4, -0.2) is 31.0 Å². The highest BCUT2D eigenvalue weighted by Gasteiger charge is 2.29. The Morgan fingerprint density at radius 1 is 1.33 bits per heavy atom. The van der Waals surface area contributed by atoms with Crippen LogP contribution in [0.25, 0.3) is 20.8 Å². The number of nitrogens with one attached hydrogen (secondary N) is 2. The molecule has 170 valence electrons. The van der Waals surface area contributed by atoms with Gasteiger partial charge in [-0.3, -0.25) is 19.1 Å². The van der Waals surface area contributed by atoms with Crippen LogP contribution in [0.4, 0.5) is 11.5 Å². The third kappa shape index (κ3) is 4.33. The first-order valence-electron chi connectivity index (χ1n) is 10.5. The van der Waals surface area contributed by atoms with Crippen LogP contribution in [-0.2, 0) is 24.3 Å². The van der Waals surface area contributed by atoms with Crippen molar-refractivity contribution in [3.05, 3.63) is 51.0 Å². The van der Waals surface area contributed by atoms with E-state index in [4.69, 9.17) is 10.7 Å². The van der Waals surface area contributed by atoms with E-state index in [0.717, 1.165) is 32.0 Å². The van der Waals surface area contributed by atoms with Gasteiger partial charge in [0.1, 0.15) is 18.1 Å². The Hall–Kier alpha value is -3.31. The lowest BCUT2D eigenvalue weighted by Gasteiger charge is -2.33. The molecule has 4 aromatic heterocycles. The molecule has 0 unspecified atom stereocenters. The lowest BCUT2D eigenvalue weighted by atomic mass is 9.92. The highest BCUT2D eigenvalue weighted by molar-refractivity contribution is 7.19. The minimum Gasteiger partial charge on any atom is -0.384 e. The standard InChI is InChI=1S/C22H23N7O2S2/c1-22(2)4-3-14-19(28-22)21(31)29(20(27-14)16-9-24-11-32-16)10-18(30)26-8-13-5-12-7-25-17(23)6-15(12)33-13/h5-7,9,11,28H,3-4,8,10H2,1-2H3,(H2,23,25)(H,26,30). The number of aromatic nitrogens is 4. The fourth-order valence-corrected chi connectivity index (χ4v) is 5.51. The summed E-state index contributed by atoms with van der Waals surface area (Å²) in [6.07, 6.45) is 4.97. The molecule has 1 amide bonds. The summed E-state index contributed by atoms with van der Waals surface area (Å²) < 4.78 is 2.45. The molecule has 9 nitrogen and oxygen atoms in total. The number of nitrogens with zero attached hydrogens (tertiary/aromatic N) is 4. The summed E-state index contributed by atoms with van der Waals surface area (Å²) in [5, 5.41) is 7.21. The van der Waals surface area contributed by atoms with Gasteiger partial charge in [-0.05, 0) is 38.8 Å². The van der Waals surface area contributed by atoms with Crippen molar-refractivity contribution < 1.29 is 4.79 Å².